The van der Waals surface area contributed by atoms with E-state index in [1.807, 2.05) is 22.9 Å². The van der Waals surface area contributed by atoms with E-state index in [0.717, 1.165) is 20.4 Å². The van der Waals surface area contributed by atoms with Gasteiger partial charge in [-0.2, -0.15) is 0 Å². The van der Waals surface area contributed by atoms with E-state index in [-0.39, 0.29) is 33.1 Å². The molecule has 0 radical (unpaired) electrons. The van der Waals surface area contributed by atoms with Gasteiger partial charge in [0.2, 0.25) is 10.6 Å². The Kier molecular flexibility index (Phi) is 8.25. The minimum absolute atomic E-state index is 0. The molecule has 4 nitrogen and oxygen atoms in total. The molecule has 0 atom stereocenters. The quantitative estimate of drug-likeness (QED) is 0.134. The van der Waals surface area contributed by atoms with Crippen molar-refractivity contribution in [3.05, 3.63) is 52.2 Å². The van der Waals surface area contributed by atoms with Crippen molar-refractivity contribution < 1.29 is 20.4 Å². The van der Waals surface area contributed by atoms with Crippen LogP contribution in [-0.2, 0) is 20.4 Å². The Labute approximate surface area is 169 Å². The van der Waals surface area contributed by atoms with Gasteiger partial charge >= 0.3 is 0 Å². The van der Waals surface area contributed by atoms with E-state index in [0.29, 0.717) is 10.4 Å². The Hall–Kier alpha value is -0.388. The molecule has 0 saturated heterocycles. The maximum atomic E-state index is 5.78. The molecular weight excluding hydrogens is 489 g/mol. The average molecular weight is 497 g/mol. The molecule has 0 saturated carbocycles. The number of thiophene rings is 2. The SMILES string of the molecule is Clc1nc(Cl)c2sccc2n1.Clc1ncc2sccc2n1.[CH3-].[Pd]. The second kappa shape index (κ2) is 9.19. The zero-order valence-electron chi connectivity index (χ0n) is 11.4. The summed E-state index contributed by atoms with van der Waals surface area (Å²) in [6, 6.07) is 3.78. The number of fused-ring (bicyclic) bond motifs is 2. The second-order valence-corrected chi connectivity index (χ2v) is 6.63. The van der Waals surface area contributed by atoms with Gasteiger partial charge in [0.25, 0.3) is 0 Å². The van der Waals surface area contributed by atoms with E-state index in [2.05, 4.69) is 19.9 Å². The van der Waals surface area contributed by atoms with Crippen molar-refractivity contribution in [3.8, 4) is 0 Å². The number of halogens is 3. The van der Waals surface area contributed by atoms with Crippen LogP contribution in [0.3, 0.4) is 0 Å². The monoisotopic (exact) mass is 495 g/mol. The maximum absolute atomic E-state index is 5.78. The number of aromatic nitrogens is 4. The Morgan fingerprint density at radius 2 is 1.48 bits per heavy atom. The molecule has 0 fully saturated rings. The Morgan fingerprint density at radius 1 is 0.826 bits per heavy atom. The first-order chi connectivity index (χ1) is 10.1. The minimum atomic E-state index is 0. The number of hydrogen-bond donors (Lipinski definition) is 0. The predicted molar refractivity (Wildman–Crippen MR) is 96.3 cm³/mol. The molecule has 0 amide bonds. The standard InChI is InChI=1S/C6H2Cl2N2S.C6H3ClN2S.CH3.Pd/c7-5-4-3(1-2-11-4)9-6(8)10-5;7-6-8-3-5-4(9-6)1-2-10-5;;/h1-2H;1-3H;1H3;/q;;-1;. The summed E-state index contributed by atoms with van der Waals surface area (Å²) < 4.78 is 1.96. The van der Waals surface area contributed by atoms with Crippen LogP contribution in [0.15, 0.2) is 29.1 Å². The zero-order valence-corrected chi connectivity index (χ0v) is 16.9. The predicted octanol–water partition coefficient (Wildman–Crippen LogP) is 5.79. The molecule has 0 bridgehead atoms. The fourth-order valence-electron chi connectivity index (χ4n) is 1.54. The number of hydrogen-bond acceptors (Lipinski definition) is 6. The van der Waals surface area contributed by atoms with Gasteiger partial charge in [-0.05, 0) is 46.1 Å². The molecule has 0 aromatic carbocycles. The largest absolute Gasteiger partial charge is 0.358 e. The molecule has 4 rings (SSSR count). The van der Waals surface area contributed by atoms with Crippen LogP contribution >= 0.6 is 57.5 Å². The van der Waals surface area contributed by atoms with Crippen LogP contribution in [0.5, 0.6) is 0 Å². The molecular formula is C13H8Cl3N4PdS2-. The Bertz CT molecular complexity index is 912. The summed E-state index contributed by atoms with van der Waals surface area (Å²) in [5.41, 5.74) is 1.73. The molecule has 4 aromatic rings. The summed E-state index contributed by atoms with van der Waals surface area (Å²) >= 11 is 20.0. The molecule has 0 aliphatic carbocycles. The van der Waals surface area contributed by atoms with Gasteiger partial charge in [-0.3, -0.25) is 0 Å². The van der Waals surface area contributed by atoms with Gasteiger partial charge in [-0.15, -0.1) is 22.7 Å². The number of nitrogens with zero attached hydrogens (tertiary/aromatic N) is 4. The van der Waals surface area contributed by atoms with Crippen LogP contribution in [0.25, 0.3) is 20.4 Å². The molecule has 0 N–H and O–H groups in total. The molecule has 23 heavy (non-hydrogen) atoms. The van der Waals surface area contributed by atoms with Crippen LogP contribution in [0.2, 0.25) is 15.7 Å². The summed E-state index contributed by atoms with van der Waals surface area (Å²) in [6.45, 7) is 0. The Balaban J connectivity index is 0.000000212. The summed E-state index contributed by atoms with van der Waals surface area (Å²) in [5, 5.41) is 4.80. The van der Waals surface area contributed by atoms with E-state index in [9.17, 15) is 0 Å². The third-order valence-electron chi connectivity index (χ3n) is 2.41. The van der Waals surface area contributed by atoms with E-state index in [1.54, 1.807) is 17.5 Å². The molecule has 10 heteroatoms. The molecule has 0 aliphatic heterocycles. The fraction of sp³-hybridized carbons (Fsp3) is 0. The van der Waals surface area contributed by atoms with Crippen molar-refractivity contribution in [1.82, 2.24) is 19.9 Å². The van der Waals surface area contributed by atoms with E-state index in [4.69, 9.17) is 34.8 Å². The normalized spacial score (nSPS) is 9.70. The van der Waals surface area contributed by atoms with Crippen LogP contribution in [0, 0.1) is 7.43 Å². The molecule has 4 aromatic heterocycles. The van der Waals surface area contributed by atoms with Crippen LogP contribution in [0.4, 0.5) is 0 Å². The van der Waals surface area contributed by atoms with Crippen molar-refractivity contribution >= 4 is 77.9 Å². The van der Waals surface area contributed by atoms with Gasteiger partial charge in [0, 0.05) is 26.6 Å². The van der Waals surface area contributed by atoms with Crippen LogP contribution in [-0.4, -0.2) is 19.9 Å². The number of rotatable bonds is 0. The minimum Gasteiger partial charge on any atom is -0.358 e. The maximum Gasteiger partial charge on any atom is 0.224 e. The first kappa shape index (κ1) is 20.7. The third-order valence-corrected chi connectivity index (χ3v) is 4.90. The van der Waals surface area contributed by atoms with Gasteiger partial charge in [0.15, 0.2) is 5.15 Å². The fourth-order valence-corrected chi connectivity index (χ4v) is 3.62. The smallest absolute Gasteiger partial charge is 0.224 e. The third kappa shape index (κ3) is 5.04. The average Bonchev–Trinajstić information content (AvgIpc) is 3.06. The van der Waals surface area contributed by atoms with Gasteiger partial charge < -0.3 is 7.43 Å². The van der Waals surface area contributed by atoms with Gasteiger partial charge in [-0.1, -0.05) is 11.6 Å². The van der Waals surface area contributed by atoms with Crippen LogP contribution < -0.4 is 0 Å². The molecule has 4 heterocycles. The summed E-state index contributed by atoms with van der Waals surface area (Å²) in [4.78, 5) is 15.6. The van der Waals surface area contributed by atoms with Crippen molar-refractivity contribution in [2.75, 3.05) is 0 Å². The Morgan fingerprint density at radius 3 is 2.26 bits per heavy atom. The van der Waals surface area contributed by atoms with Crippen LogP contribution in [0.1, 0.15) is 0 Å². The summed E-state index contributed by atoms with van der Waals surface area (Å²) in [6.07, 6.45) is 1.73. The van der Waals surface area contributed by atoms with Crippen molar-refractivity contribution in [1.29, 1.82) is 0 Å². The summed E-state index contributed by atoms with van der Waals surface area (Å²) in [7, 11) is 0. The molecule has 124 valence electrons. The van der Waals surface area contributed by atoms with E-state index in [1.165, 1.54) is 11.3 Å². The zero-order chi connectivity index (χ0) is 14.8. The first-order valence-electron chi connectivity index (χ1n) is 5.55. The van der Waals surface area contributed by atoms with Crippen molar-refractivity contribution in [2.45, 2.75) is 0 Å². The van der Waals surface area contributed by atoms with E-state index < -0.39 is 0 Å². The van der Waals surface area contributed by atoms with Gasteiger partial charge in [0.05, 0.1) is 20.4 Å². The molecule has 0 aliphatic rings. The van der Waals surface area contributed by atoms with Gasteiger partial charge in [0.1, 0.15) is 0 Å². The van der Waals surface area contributed by atoms with Crippen molar-refractivity contribution in [3.63, 3.8) is 0 Å². The molecule has 0 spiro atoms. The molecule has 0 unspecified atom stereocenters. The first-order valence-corrected chi connectivity index (χ1v) is 8.45. The van der Waals surface area contributed by atoms with Crippen molar-refractivity contribution in [2.24, 2.45) is 0 Å². The summed E-state index contributed by atoms with van der Waals surface area (Å²) in [5.74, 6) is 0. The van der Waals surface area contributed by atoms with Gasteiger partial charge in [-0.25, -0.2) is 19.9 Å². The topological polar surface area (TPSA) is 51.6 Å². The second-order valence-electron chi connectivity index (χ2n) is 3.73. The van der Waals surface area contributed by atoms with E-state index >= 15 is 0 Å².